The Bertz CT molecular complexity index is 440. The van der Waals surface area contributed by atoms with Crippen molar-refractivity contribution in [2.75, 3.05) is 6.61 Å². The average molecular weight is 238 g/mol. The maximum Gasteiger partial charge on any atom is 0.256 e. The topological polar surface area (TPSA) is 82.2 Å². The Morgan fingerprint density at radius 2 is 2.29 bits per heavy atom. The first-order valence-electron chi connectivity index (χ1n) is 5.69. The molecule has 0 aliphatic carbocycles. The SMILES string of the molecule is CCC(CCO)NC(=O)c1c[nH]c(C)cc1=O. The molecule has 5 heteroatoms. The van der Waals surface area contributed by atoms with Gasteiger partial charge in [0, 0.05) is 30.6 Å². The smallest absolute Gasteiger partial charge is 0.256 e. The largest absolute Gasteiger partial charge is 0.396 e. The van der Waals surface area contributed by atoms with Crippen LogP contribution in [-0.2, 0) is 0 Å². The summed E-state index contributed by atoms with van der Waals surface area (Å²) >= 11 is 0. The fourth-order valence-corrected chi connectivity index (χ4v) is 1.55. The van der Waals surface area contributed by atoms with E-state index in [1.165, 1.54) is 12.3 Å². The quantitative estimate of drug-likeness (QED) is 0.701. The van der Waals surface area contributed by atoms with Gasteiger partial charge in [-0.1, -0.05) is 6.92 Å². The van der Waals surface area contributed by atoms with Gasteiger partial charge in [-0.3, -0.25) is 9.59 Å². The van der Waals surface area contributed by atoms with E-state index >= 15 is 0 Å². The van der Waals surface area contributed by atoms with Crippen molar-refractivity contribution >= 4 is 5.91 Å². The van der Waals surface area contributed by atoms with E-state index in [2.05, 4.69) is 10.3 Å². The number of hydrogen-bond donors (Lipinski definition) is 3. The number of aromatic amines is 1. The van der Waals surface area contributed by atoms with Gasteiger partial charge >= 0.3 is 0 Å². The van der Waals surface area contributed by atoms with Crippen LogP contribution >= 0.6 is 0 Å². The van der Waals surface area contributed by atoms with Crippen molar-refractivity contribution in [3.8, 4) is 0 Å². The number of rotatable bonds is 5. The minimum absolute atomic E-state index is 0.0169. The Hall–Kier alpha value is -1.62. The van der Waals surface area contributed by atoms with Crippen molar-refractivity contribution in [3.63, 3.8) is 0 Å². The average Bonchev–Trinajstić information content (AvgIpc) is 2.28. The summed E-state index contributed by atoms with van der Waals surface area (Å²) < 4.78 is 0. The van der Waals surface area contributed by atoms with E-state index in [0.717, 1.165) is 6.42 Å². The van der Waals surface area contributed by atoms with Crippen LogP contribution in [0.5, 0.6) is 0 Å². The van der Waals surface area contributed by atoms with Crippen LogP contribution in [0.2, 0.25) is 0 Å². The molecule has 1 atom stereocenters. The summed E-state index contributed by atoms with van der Waals surface area (Å²) in [5, 5.41) is 11.5. The number of aliphatic hydroxyl groups is 1. The number of nitrogens with one attached hydrogen (secondary N) is 2. The first kappa shape index (κ1) is 13.4. The maximum atomic E-state index is 11.8. The molecule has 1 rings (SSSR count). The number of carbonyl (C=O) groups is 1. The van der Waals surface area contributed by atoms with E-state index in [1.807, 2.05) is 6.92 Å². The van der Waals surface area contributed by atoms with E-state index in [-0.39, 0.29) is 23.6 Å². The zero-order valence-electron chi connectivity index (χ0n) is 10.1. The van der Waals surface area contributed by atoms with Crippen LogP contribution in [0.4, 0.5) is 0 Å². The molecule has 0 bridgehead atoms. The summed E-state index contributed by atoms with van der Waals surface area (Å²) in [4.78, 5) is 26.2. The van der Waals surface area contributed by atoms with Gasteiger partial charge in [0.05, 0.1) is 0 Å². The van der Waals surface area contributed by atoms with Crippen LogP contribution in [0.1, 0.15) is 35.8 Å². The molecule has 17 heavy (non-hydrogen) atoms. The second-order valence-corrected chi connectivity index (χ2v) is 3.98. The minimum Gasteiger partial charge on any atom is -0.396 e. The van der Waals surface area contributed by atoms with Crippen LogP contribution in [0.15, 0.2) is 17.1 Å². The van der Waals surface area contributed by atoms with Gasteiger partial charge in [0.15, 0.2) is 5.43 Å². The number of aromatic nitrogens is 1. The van der Waals surface area contributed by atoms with Crippen molar-refractivity contribution in [1.29, 1.82) is 0 Å². The van der Waals surface area contributed by atoms with Crippen LogP contribution in [0, 0.1) is 6.92 Å². The van der Waals surface area contributed by atoms with Crippen LogP contribution in [-0.4, -0.2) is 28.6 Å². The molecule has 5 nitrogen and oxygen atoms in total. The zero-order valence-corrected chi connectivity index (χ0v) is 10.1. The highest BCUT2D eigenvalue weighted by molar-refractivity contribution is 5.93. The second-order valence-electron chi connectivity index (χ2n) is 3.98. The zero-order chi connectivity index (χ0) is 12.8. The lowest BCUT2D eigenvalue weighted by Gasteiger charge is -2.15. The standard InChI is InChI=1S/C12H18N2O3/c1-3-9(4-5-15)14-12(17)10-7-13-8(2)6-11(10)16/h6-7,9,15H,3-5H2,1-2H3,(H,13,16)(H,14,17). The molecule has 1 heterocycles. The van der Waals surface area contributed by atoms with E-state index in [9.17, 15) is 9.59 Å². The lowest BCUT2D eigenvalue weighted by molar-refractivity contribution is 0.0927. The predicted molar refractivity (Wildman–Crippen MR) is 65.0 cm³/mol. The molecule has 0 radical (unpaired) electrons. The molecule has 0 saturated heterocycles. The summed E-state index contributed by atoms with van der Waals surface area (Å²) in [6, 6.07) is 1.29. The highest BCUT2D eigenvalue weighted by atomic mass is 16.3. The maximum absolute atomic E-state index is 11.8. The second kappa shape index (κ2) is 6.20. The Kier molecular flexibility index (Phi) is 4.90. The lowest BCUT2D eigenvalue weighted by Crippen LogP contribution is -2.37. The van der Waals surface area contributed by atoms with E-state index in [0.29, 0.717) is 12.1 Å². The van der Waals surface area contributed by atoms with Gasteiger partial charge in [0.2, 0.25) is 0 Å². The molecule has 0 aromatic carbocycles. The van der Waals surface area contributed by atoms with Crippen molar-refractivity contribution in [2.45, 2.75) is 32.7 Å². The fourth-order valence-electron chi connectivity index (χ4n) is 1.55. The van der Waals surface area contributed by atoms with Gasteiger partial charge in [0.1, 0.15) is 5.56 Å². The van der Waals surface area contributed by atoms with E-state index in [1.54, 1.807) is 6.92 Å². The normalized spacial score (nSPS) is 12.2. The van der Waals surface area contributed by atoms with Crippen molar-refractivity contribution in [2.24, 2.45) is 0 Å². The summed E-state index contributed by atoms with van der Waals surface area (Å²) in [5.74, 6) is -0.397. The third-order valence-electron chi connectivity index (χ3n) is 2.61. The fraction of sp³-hybridized carbons (Fsp3) is 0.500. The van der Waals surface area contributed by atoms with Gasteiger partial charge in [-0.15, -0.1) is 0 Å². The first-order valence-corrected chi connectivity index (χ1v) is 5.69. The summed E-state index contributed by atoms with van der Waals surface area (Å²) in [7, 11) is 0. The van der Waals surface area contributed by atoms with E-state index in [4.69, 9.17) is 5.11 Å². The number of pyridine rings is 1. The van der Waals surface area contributed by atoms with Crippen molar-refractivity contribution in [3.05, 3.63) is 33.7 Å². The Labute approximate surface area is 99.9 Å². The lowest BCUT2D eigenvalue weighted by atomic mass is 10.1. The molecule has 1 unspecified atom stereocenters. The molecule has 94 valence electrons. The molecular formula is C12H18N2O3. The molecular weight excluding hydrogens is 220 g/mol. The van der Waals surface area contributed by atoms with Gasteiger partial charge in [0.25, 0.3) is 5.91 Å². The number of aryl methyl sites for hydroxylation is 1. The summed E-state index contributed by atoms with van der Waals surface area (Å²) in [6.07, 6.45) is 2.63. The molecule has 1 aromatic rings. The summed E-state index contributed by atoms with van der Waals surface area (Å²) in [5.41, 5.74) is 0.526. The molecule has 3 N–H and O–H groups in total. The number of aliphatic hydroxyl groups excluding tert-OH is 1. The van der Waals surface area contributed by atoms with Gasteiger partial charge < -0.3 is 15.4 Å². The number of H-pyrrole nitrogens is 1. The molecule has 1 amide bonds. The van der Waals surface area contributed by atoms with E-state index < -0.39 is 5.91 Å². The van der Waals surface area contributed by atoms with Crippen molar-refractivity contribution in [1.82, 2.24) is 10.3 Å². The molecule has 0 aliphatic rings. The minimum atomic E-state index is -0.397. The Balaban J connectivity index is 2.79. The van der Waals surface area contributed by atoms with Gasteiger partial charge in [-0.2, -0.15) is 0 Å². The number of amides is 1. The third kappa shape index (κ3) is 3.71. The van der Waals surface area contributed by atoms with Crippen LogP contribution in [0.3, 0.4) is 0 Å². The highest BCUT2D eigenvalue weighted by Gasteiger charge is 2.14. The number of carbonyl (C=O) groups excluding carboxylic acids is 1. The van der Waals surface area contributed by atoms with Gasteiger partial charge in [-0.25, -0.2) is 0 Å². The monoisotopic (exact) mass is 238 g/mol. The molecule has 0 saturated carbocycles. The molecule has 0 spiro atoms. The molecule has 1 aromatic heterocycles. The molecule has 0 fully saturated rings. The number of hydrogen-bond acceptors (Lipinski definition) is 3. The van der Waals surface area contributed by atoms with Crippen LogP contribution in [0.25, 0.3) is 0 Å². The van der Waals surface area contributed by atoms with Gasteiger partial charge in [-0.05, 0) is 19.8 Å². The highest BCUT2D eigenvalue weighted by Crippen LogP contribution is 1.99. The first-order chi connectivity index (χ1) is 8.08. The Morgan fingerprint density at radius 3 is 2.82 bits per heavy atom. The Morgan fingerprint density at radius 1 is 1.59 bits per heavy atom. The van der Waals surface area contributed by atoms with Crippen molar-refractivity contribution < 1.29 is 9.90 Å². The third-order valence-corrected chi connectivity index (χ3v) is 2.61. The predicted octanol–water partition coefficient (Wildman–Crippen LogP) is 0.574. The summed E-state index contributed by atoms with van der Waals surface area (Å²) in [6.45, 7) is 3.69. The van der Waals surface area contributed by atoms with Crippen LogP contribution < -0.4 is 10.7 Å². The molecule has 0 aliphatic heterocycles.